The van der Waals surface area contributed by atoms with Gasteiger partial charge in [0, 0.05) is 38.9 Å². The summed E-state index contributed by atoms with van der Waals surface area (Å²) in [4.78, 5) is 50.9. The van der Waals surface area contributed by atoms with Crippen LogP contribution in [0.5, 0.6) is 0 Å². The van der Waals surface area contributed by atoms with Crippen molar-refractivity contribution in [3.63, 3.8) is 0 Å². The predicted molar refractivity (Wildman–Crippen MR) is 111 cm³/mol. The molecule has 0 N–H and O–H groups in total. The Morgan fingerprint density at radius 1 is 0.875 bits per heavy atom. The summed E-state index contributed by atoms with van der Waals surface area (Å²) in [6.07, 6.45) is -4.48. The number of hydrogen-bond donors (Lipinski definition) is 0. The van der Waals surface area contributed by atoms with Gasteiger partial charge in [-0.1, -0.05) is 23.7 Å². The van der Waals surface area contributed by atoms with Gasteiger partial charge >= 0.3 is 23.9 Å². The van der Waals surface area contributed by atoms with E-state index in [9.17, 15) is 19.2 Å². The van der Waals surface area contributed by atoms with Crippen LogP contribution in [-0.2, 0) is 42.9 Å². The number of nitrogens with zero attached hydrogens (tertiary/aromatic N) is 1. The molecule has 0 aromatic heterocycles. The Hall–Kier alpha value is -2.98. The molecule has 2 rings (SSSR count). The number of hydrogen-bond acceptors (Lipinski definition) is 10. The lowest BCUT2D eigenvalue weighted by Crippen LogP contribution is -2.62. The van der Waals surface area contributed by atoms with Crippen LogP contribution >= 0.6 is 11.6 Å². The Morgan fingerprint density at radius 2 is 1.41 bits per heavy atom. The normalized spacial score (nSPS) is 25.1. The molecule has 0 saturated carbocycles. The molecule has 10 nitrogen and oxygen atoms in total. The smallest absolute Gasteiger partial charge is 0.303 e. The molecular formula is C21H24ClNO9. The highest BCUT2D eigenvalue weighted by Crippen LogP contribution is 2.30. The summed E-state index contributed by atoms with van der Waals surface area (Å²) >= 11 is 5.89. The van der Waals surface area contributed by atoms with Gasteiger partial charge in [0.05, 0.1) is 0 Å². The lowest BCUT2D eigenvalue weighted by Gasteiger charge is -2.43. The van der Waals surface area contributed by atoms with Crippen molar-refractivity contribution in [3.05, 3.63) is 34.9 Å². The molecule has 1 aromatic carbocycles. The van der Waals surface area contributed by atoms with Crippen LogP contribution in [0.15, 0.2) is 29.3 Å². The molecule has 32 heavy (non-hydrogen) atoms. The lowest BCUT2D eigenvalue weighted by atomic mass is 9.97. The number of carbonyl (C=O) groups is 4. The molecule has 1 saturated heterocycles. The minimum atomic E-state index is -1.26. The second-order valence-corrected chi connectivity index (χ2v) is 7.36. The van der Waals surface area contributed by atoms with Crippen molar-refractivity contribution in [2.24, 2.45) is 4.99 Å². The Labute approximate surface area is 189 Å². The SMILES string of the molecule is CC(=O)OC[C@H]1O[C@@H](N=Cc2ccc(Cl)cc2)[C@H](OC(C)=O)[C@@H](OC(C)=O)[C@@H]1OC(C)=O. The third-order valence-corrected chi connectivity index (χ3v) is 4.46. The molecule has 1 aromatic rings. The number of esters is 4. The molecular weight excluding hydrogens is 446 g/mol. The maximum atomic E-state index is 11.8. The quantitative estimate of drug-likeness (QED) is 0.334. The monoisotopic (exact) mass is 469 g/mol. The minimum absolute atomic E-state index is 0.315. The van der Waals surface area contributed by atoms with Gasteiger partial charge < -0.3 is 23.7 Å². The summed E-state index contributed by atoms with van der Waals surface area (Å²) in [6.45, 7) is 4.35. The summed E-state index contributed by atoms with van der Waals surface area (Å²) in [5, 5.41) is 0.537. The summed E-state index contributed by atoms with van der Waals surface area (Å²) in [5.74, 6) is -2.70. The largest absolute Gasteiger partial charge is 0.463 e. The maximum Gasteiger partial charge on any atom is 0.303 e. The Morgan fingerprint density at radius 3 is 1.94 bits per heavy atom. The number of carbonyl (C=O) groups excluding carboxylic acids is 4. The molecule has 1 aliphatic heterocycles. The standard InChI is InChI=1S/C21H24ClNO9/c1-11(24)28-10-17-18(29-12(2)25)19(30-13(3)26)20(31-14(4)27)21(32-17)23-9-15-5-7-16(22)8-6-15/h5-9,17-21H,10H2,1-4H3/t17-,18-,19+,20-,21-/m1/s1. The van der Waals surface area contributed by atoms with Crippen LogP contribution in [0.3, 0.4) is 0 Å². The van der Waals surface area contributed by atoms with Gasteiger partial charge in [-0.05, 0) is 17.7 Å². The van der Waals surface area contributed by atoms with E-state index in [4.69, 9.17) is 35.3 Å². The second-order valence-electron chi connectivity index (χ2n) is 6.92. The zero-order valence-corrected chi connectivity index (χ0v) is 18.7. The van der Waals surface area contributed by atoms with Crippen molar-refractivity contribution in [1.29, 1.82) is 0 Å². The van der Waals surface area contributed by atoms with Crippen molar-refractivity contribution in [3.8, 4) is 0 Å². The average Bonchev–Trinajstić information content (AvgIpc) is 2.69. The first-order chi connectivity index (χ1) is 15.1. The van der Waals surface area contributed by atoms with E-state index in [1.807, 2.05) is 0 Å². The predicted octanol–water partition coefficient (Wildman–Crippen LogP) is 1.84. The van der Waals surface area contributed by atoms with E-state index in [0.29, 0.717) is 10.6 Å². The summed E-state index contributed by atoms with van der Waals surface area (Å²) < 4.78 is 26.9. The summed E-state index contributed by atoms with van der Waals surface area (Å²) in [6, 6.07) is 6.74. The van der Waals surface area contributed by atoms with Gasteiger partial charge in [0.25, 0.3) is 0 Å². The Balaban J connectivity index is 2.44. The highest BCUT2D eigenvalue weighted by molar-refractivity contribution is 6.30. The Kier molecular flexibility index (Phi) is 9.15. The zero-order chi connectivity index (χ0) is 23.8. The fourth-order valence-electron chi connectivity index (χ4n) is 3.03. The molecule has 11 heteroatoms. The fraction of sp³-hybridized carbons (Fsp3) is 0.476. The van der Waals surface area contributed by atoms with Gasteiger partial charge in [-0.2, -0.15) is 0 Å². The molecule has 5 atom stereocenters. The van der Waals surface area contributed by atoms with Crippen LogP contribution in [0.4, 0.5) is 0 Å². The molecule has 0 radical (unpaired) electrons. The molecule has 0 spiro atoms. The first kappa shape index (κ1) is 25.3. The average molecular weight is 470 g/mol. The third kappa shape index (κ3) is 7.61. The number of aliphatic imine (C=N–C) groups is 1. The van der Waals surface area contributed by atoms with Gasteiger partial charge in [0.2, 0.25) is 0 Å². The minimum Gasteiger partial charge on any atom is -0.463 e. The molecule has 0 amide bonds. The molecule has 1 aliphatic rings. The number of benzene rings is 1. The van der Waals surface area contributed by atoms with Crippen molar-refractivity contribution < 1.29 is 42.9 Å². The number of rotatable bonds is 7. The van der Waals surface area contributed by atoms with E-state index in [1.54, 1.807) is 24.3 Å². The van der Waals surface area contributed by atoms with E-state index in [-0.39, 0.29) is 6.61 Å². The molecule has 1 heterocycles. The van der Waals surface area contributed by atoms with E-state index in [1.165, 1.54) is 13.1 Å². The Bertz CT molecular complexity index is 871. The van der Waals surface area contributed by atoms with Crippen molar-refractivity contribution in [2.45, 2.75) is 58.3 Å². The van der Waals surface area contributed by atoms with Gasteiger partial charge in [0.15, 0.2) is 24.5 Å². The van der Waals surface area contributed by atoms with Crippen LogP contribution in [0, 0.1) is 0 Å². The first-order valence-electron chi connectivity index (χ1n) is 9.66. The van der Waals surface area contributed by atoms with Gasteiger partial charge in [0.1, 0.15) is 12.7 Å². The molecule has 0 aliphatic carbocycles. The van der Waals surface area contributed by atoms with Gasteiger partial charge in [-0.15, -0.1) is 0 Å². The van der Waals surface area contributed by atoms with E-state index < -0.39 is 54.5 Å². The summed E-state index contributed by atoms with van der Waals surface area (Å²) in [5.41, 5.74) is 0.669. The van der Waals surface area contributed by atoms with Gasteiger partial charge in [-0.25, -0.2) is 0 Å². The van der Waals surface area contributed by atoms with Crippen molar-refractivity contribution in [2.75, 3.05) is 6.61 Å². The lowest BCUT2D eigenvalue weighted by molar-refractivity contribution is -0.250. The van der Waals surface area contributed by atoms with Crippen LogP contribution in [-0.4, -0.2) is 67.3 Å². The van der Waals surface area contributed by atoms with E-state index in [0.717, 1.165) is 20.8 Å². The highest BCUT2D eigenvalue weighted by Gasteiger charge is 2.52. The van der Waals surface area contributed by atoms with Crippen LogP contribution in [0.1, 0.15) is 33.3 Å². The maximum absolute atomic E-state index is 11.8. The molecule has 0 unspecified atom stereocenters. The number of ether oxygens (including phenoxy) is 5. The van der Waals surface area contributed by atoms with Crippen LogP contribution < -0.4 is 0 Å². The molecule has 174 valence electrons. The molecule has 1 fully saturated rings. The van der Waals surface area contributed by atoms with Crippen LogP contribution in [0.2, 0.25) is 5.02 Å². The zero-order valence-electron chi connectivity index (χ0n) is 18.0. The first-order valence-corrected chi connectivity index (χ1v) is 10.0. The highest BCUT2D eigenvalue weighted by atomic mass is 35.5. The second kappa shape index (κ2) is 11.6. The topological polar surface area (TPSA) is 127 Å². The van der Waals surface area contributed by atoms with Crippen molar-refractivity contribution in [1.82, 2.24) is 0 Å². The van der Waals surface area contributed by atoms with Crippen LogP contribution in [0.25, 0.3) is 0 Å². The van der Waals surface area contributed by atoms with E-state index in [2.05, 4.69) is 4.99 Å². The van der Waals surface area contributed by atoms with Crippen molar-refractivity contribution >= 4 is 41.7 Å². The molecule has 0 bridgehead atoms. The summed E-state index contributed by atoms with van der Waals surface area (Å²) in [7, 11) is 0. The van der Waals surface area contributed by atoms with Gasteiger partial charge in [-0.3, -0.25) is 24.2 Å². The third-order valence-electron chi connectivity index (χ3n) is 4.21. The van der Waals surface area contributed by atoms with E-state index >= 15 is 0 Å². The fourth-order valence-corrected chi connectivity index (χ4v) is 3.16. The number of halogens is 1.